The zero-order valence-electron chi connectivity index (χ0n) is 17.9. The van der Waals surface area contributed by atoms with Gasteiger partial charge in [-0.25, -0.2) is 19.9 Å². The number of amides is 1. The number of para-hydroxylation sites is 1. The van der Waals surface area contributed by atoms with Gasteiger partial charge >= 0.3 is 0 Å². The molecule has 1 atom stereocenters. The van der Waals surface area contributed by atoms with Gasteiger partial charge in [-0.15, -0.1) is 0 Å². The molecule has 1 fully saturated rings. The third-order valence-electron chi connectivity index (χ3n) is 5.57. The highest BCUT2D eigenvalue weighted by Crippen LogP contribution is 2.33. The monoisotopic (exact) mass is 438 g/mol. The molecule has 8 nitrogen and oxygen atoms in total. The van der Waals surface area contributed by atoms with Gasteiger partial charge in [-0.3, -0.25) is 9.78 Å². The zero-order valence-corrected chi connectivity index (χ0v) is 17.9. The fraction of sp³-hybridized carbons (Fsp3) is 0.200. The molecule has 0 saturated carbocycles. The summed E-state index contributed by atoms with van der Waals surface area (Å²) in [7, 11) is 0. The number of hydrogen-bond acceptors (Lipinski definition) is 7. The maximum Gasteiger partial charge on any atom is 0.272 e. The summed E-state index contributed by atoms with van der Waals surface area (Å²) in [4.78, 5) is 36.7. The molecule has 1 aliphatic rings. The molecule has 1 saturated heterocycles. The Kier molecular flexibility index (Phi) is 5.97. The molecule has 4 heterocycles. The summed E-state index contributed by atoms with van der Waals surface area (Å²) in [6.45, 7) is 1.20. The quantitative estimate of drug-likeness (QED) is 0.462. The van der Waals surface area contributed by atoms with Crippen LogP contribution in [0.15, 0.2) is 79.6 Å². The number of hydrogen-bond donors (Lipinski definition) is 0. The molecular weight excluding hydrogens is 416 g/mol. The summed E-state index contributed by atoms with van der Waals surface area (Å²) < 4.78 is 6.01. The average molecular weight is 438 g/mol. The molecule has 4 aromatic rings. The van der Waals surface area contributed by atoms with Crippen molar-refractivity contribution in [3.63, 3.8) is 0 Å². The molecule has 1 unspecified atom stereocenters. The Morgan fingerprint density at radius 1 is 0.970 bits per heavy atom. The fourth-order valence-corrected chi connectivity index (χ4v) is 3.99. The van der Waals surface area contributed by atoms with E-state index in [2.05, 4.69) is 24.9 Å². The van der Waals surface area contributed by atoms with Crippen molar-refractivity contribution in [1.29, 1.82) is 0 Å². The number of carbonyl (C=O) groups is 1. The Hall–Kier alpha value is -4.20. The van der Waals surface area contributed by atoms with E-state index in [-0.39, 0.29) is 11.8 Å². The number of carbonyl (C=O) groups excluding carboxylic acids is 1. The number of benzene rings is 1. The smallest absolute Gasteiger partial charge is 0.272 e. The Labute approximate surface area is 191 Å². The largest absolute Gasteiger partial charge is 0.437 e. The summed E-state index contributed by atoms with van der Waals surface area (Å²) in [5.41, 5.74) is 2.60. The minimum atomic E-state index is -0.104. The first-order chi connectivity index (χ1) is 16.3. The van der Waals surface area contributed by atoms with E-state index in [1.54, 1.807) is 30.9 Å². The second-order valence-corrected chi connectivity index (χ2v) is 7.79. The summed E-state index contributed by atoms with van der Waals surface area (Å²) in [5, 5.41) is 0. The van der Waals surface area contributed by atoms with Crippen LogP contribution in [0.3, 0.4) is 0 Å². The lowest BCUT2D eigenvalue weighted by molar-refractivity contribution is 0.0699. The van der Waals surface area contributed by atoms with Gasteiger partial charge in [0.25, 0.3) is 5.91 Å². The molecule has 0 spiro atoms. The minimum Gasteiger partial charge on any atom is -0.437 e. The highest BCUT2D eigenvalue weighted by molar-refractivity contribution is 5.93. The molecular formula is C25H22N6O2. The fourth-order valence-electron chi connectivity index (χ4n) is 3.99. The third-order valence-corrected chi connectivity index (χ3v) is 5.57. The highest BCUT2D eigenvalue weighted by atomic mass is 16.5. The van der Waals surface area contributed by atoms with Crippen LogP contribution in [0, 0.1) is 0 Å². The van der Waals surface area contributed by atoms with Gasteiger partial charge < -0.3 is 9.64 Å². The molecule has 0 aliphatic carbocycles. The lowest BCUT2D eigenvalue weighted by Gasteiger charge is -2.32. The highest BCUT2D eigenvalue weighted by Gasteiger charge is 2.29. The van der Waals surface area contributed by atoms with Crippen LogP contribution in [0.2, 0.25) is 0 Å². The number of aromatic nitrogens is 5. The first kappa shape index (κ1) is 20.7. The second-order valence-electron chi connectivity index (χ2n) is 7.79. The number of likely N-dealkylation sites (tertiary alicyclic amines) is 1. The molecule has 164 valence electrons. The van der Waals surface area contributed by atoms with Crippen LogP contribution in [0.1, 0.15) is 34.9 Å². The van der Waals surface area contributed by atoms with Gasteiger partial charge in [-0.05, 0) is 37.1 Å². The zero-order chi connectivity index (χ0) is 22.5. The predicted octanol–water partition coefficient (Wildman–Crippen LogP) is 4.14. The van der Waals surface area contributed by atoms with Gasteiger partial charge in [0.1, 0.15) is 23.5 Å². The molecule has 8 heteroatoms. The van der Waals surface area contributed by atoms with Crippen LogP contribution in [-0.4, -0.2) is 48.8 Å². The van der Waals surface area contributed by atoms with Crippen molar-refractivity contribution < 1.29 is 9.53 Å². The normalized spacial score (nSPS) is 15.8. The molecule has 0 radical (unpaired) electrons. The van der Waals surface area contributed by atoms with Gasteiger partial charge in [0.15, 0.2) is 0 Å². The minimum absolute atomic E-state index is 0.0285. The van der Waals surface area contributed by atoms with Gasteiger partial charge in [0.05, 0.1) is 5.69 Å². The van der Waals surface area contributed by atoms with Gasteiger partial charge in [0, 0.05) is 49.4 Å². The van der Waals surface area contributed by atoms with Crippen molar-refractivity contribution in [2.45, 2.75) is 18.8 Å². The molecule has 5 rings (SSSR count). The number of ether oxygens (including phenoxy) is 1. The average Bonchev–Trinajstić information content (AvgIpc) is 2.90. The maximum absolute atomic E-state index is 13.3. The summed E-state index contributed by atoms with van der Waals surface area (Å²) >= 11 is 0. The number of pyridine rings is 1. The van der Waals surface area contributed by atoms with E-state index in [9.17, 15) is 4.79 Å². The maximum atomic E-state index is 13.3. The van der Waals surface area contributed by atoms with E-state index >= 15 is 0 Å². The van der Waals surface area contributed by atoms with Crippen molar-refractivity contribution >= 4 is 5.91 Å². The molecule has 1 amide bonds. The number of rotatable bonds is 5. The predicted molar refractivity (Wildman–Crippen MR) is 122 cm³/mol. The Bertz CT molecular complexity index is 1240. The van der Waals surface area contributed by atoms with Gasteiger partial charge in [0.2, 0.25) is 5.88 Å². The van der Waals surface area contributed by atoms with E-state index < -0.39 is 0 Å². The van der Waals surface area contributed by atoms with Crippen LogP contribution in [0.4, 0.5) is 0 Å². The SMILES string of the molecule is O=C(c1cccc(-c2cncnc2)n1)N1CCCC(c2nccnc2Oc2ccccc2)C1. The summed E-state index contributed by atoms with van der Waals surface area (Å²) in [5.74, 6) is 1.11. The van der Waals surface area contributed by atoms with Crippen LogP contribution in [0.25, 0.3) is 11.3 Å². The van der Waals surface area contributed by atoms with Crippen molar-refractivity contribution in [3.05, 3.63) is 91.0 Å². The molecule has 0 bridgehead atoms. The van der Waals surface area contributed by atoms with Crippen molar-refractivity contribution in [2.24, 2.45) is 0 Å². The van der Waals surface area contributed by atoms with Crippen LogP contribution in [-0.2, 0) is 0 Å². The first-order valence-corrected chi connectivity index (χ1v) is 10.8. The van der Waals surface area contributed by atoms with Crippen molar-refractivity contribution in [1.82, 2.24) is 29.8 Å². The molecule has 33 heavy (non-hydrogen) atoms. The van der Waals surface area contributed by atoms with E-state index in [4.69, 9.17) is 4.74 Å². The lowest BCUT2D eigenvalue weighted by Crippen LogP contribution is -2.39. The summed E-state index contributed by atoms with van der Waals surface area (Å²) in [6.07, 6.45) is 9.89. The van der Waals surface area contributed by atoms with Gasteiger partial charge in [-0.2, -0.15) is 0 Å². The Balaban J connectivity index is 1.35. The first-order valence-electron chi connectivity index (χ1n) is 10.8. The van der Waals surface area contributed by atoms with E-state index in [1.165, 1.54) is 6.33 Å². The number of piperidine rings is 1. The van der Waals surface area contributed by atoms with E-state index in [0.717, 1.165) is 24.1 Å². The molecule has 1 aromatic carbocycles. The topological polar surface area (TPSA) is 94.0 Å². The third kappa shape index (κ3) is 4.69. The van der Waals surface area contributed by atoms with Gasteiger partial charge in [-0.1, -0.05) is 24.3 Å². The Morgan fingerprint density at radius 3 is 2.64 bits per heavy atom. The molecule has 1 aliphatic heterocycles. The van der Waals surface area contributed by atoms with Crippen LogP contribution in [0.5, 0.6) is 11.6 Å². The number of nitrogens with zero attached hydrogens (tertiary/aromatic N) is 6. The Morgan fingerprint density at radius 2 is 1.79 bits per heavy atom. The van der Waals surface area contributed by atoms with Crippen molar-refractivity contribution in [2.75, 3.05) is 13.1 Å². The standard InChI is InChI=1S/C25H22N6O2/c32-25(22-10-4-9-21(30-22)19-14-26-17-27-15-19)31-13-5-6-18(16-31)23-24(29-12-11-28-23)33-20-7-2-1-3-8-20/h1-4,7-12,14-15,17-18H,5-6,13,16H2. The molecule has 0 N–H and O–H groups in total. The second kappa shape index (κ2) is 9.52. The van der Waals surface area contributed by atoms with E-state index in [0.29, 0.717) is 36.1 Å². The molecule has 3 aromatic heterocycles. The summed E-state index contributed by atoms with van der Waals surface area (Å²) in [6, 6.07) is 14.9. The van der Waals surface area contributed by atoms with Crippen LogP contribution < -0.4 is 4.74 Å². The lowest BCUT2D eigenvalue weighted by atomic mass is 9.94. The van der Waals surface area contributed by atoms with Crippen LogP contribution >= 0.6 is 0 Å². The van der Waals surface area contributed by atoms with Crippen molar-refractivity contribution in [3.8, 4) is 22.9 Å². The van der Waals surface area contributed by atoms with E-state index in [1.807, 2.05) is 47.4 Å².